The fourth-order valence-electron chi connectivity index (χ4n) is 3.43. The predicted octanol–water partition coefficient (Wildman–Crippen LogP) is 3.45. The highest BCUT2D eigenvalue weighted by Gasteiger charge is 2.28. The molecule has 1 atom stereocenters. The topological polar surface area (TPSA) is 86.8 Å². The summed E-state index contributed by atoms with van der Waals surface area (Å²) in [5, 5.41) is 5.18. The maximum absolute atomic E-state index is 15.0. The molecule has 1 aromatic carbocycles. The molecule has 1 aliphatic rings. The number of nitrogens with zero attached hydrogens (tertiary/aromatic N) is 3. The summed E-state index contributed by atoms with van der Waals surface area (Å²) in [6.07, 6.45) is 1.19. The minimum absolute atomic E-state index is 0.0375. The van der Waals surface area contributed by atoms with Gasteiger partial charge in [-0.1, -0.05) is 12.1 Å². The van der Waals surface area contributed by atoms with Crippen LogP contribution in [0.1, 0.15) is 18.2 Å². The van der Waals surface area contributed by atoms with Crippen LogP contribution in [0.25, 0.3) is 0 Å². The van der Waals surface area contributed by atoms with Gasteiger partial charge in [0.2, 0.25) is 0 Å². The Kier molecular flexibility index (Phi) is 6.83. The molecule has 1 aliphatic heterocycles. The van der Waals surface area contributed by atoms with Crippen molar-refractivity contribution >= 4 is 23.5 Å². The normalized spacial score (nSPS) is 16.8. The van der Waals surface area contributed by atoms with Gasteiger partial charge in [0.25, 0.3) is 0 Å². The minimum Gasteiger partial charge on any atom is -0.453 e. The van der Waals surface area contributed by atoms with E-state index in [0.717, 1.165) is 5.69 Å². The fourth-order valence-corrected chi connectivity index (χ4v) is 3.43. The maximum Gasteiger partial charge on any atom is 0.409 e. The number of piperazine rings is 1. The molecule has 3 rings (SSSR count). The van der Waals surface area contributed by atoms with Crippen LogP contribution in [0.2, 0.25) is 0 Å². The molecule has 2 heterocycles. The van der Waals surface area contributed by atoms with Crippen molar-refractivity contribution in [2.75, 3.05) is 37.4 Å². The van der Waals surface area contributed by atoms with Gasteiger partial charge in [0.15, 0.2) is 5.82 Å². The first kappa shape index (κ1) is 21.5. The standard InChI is InChI=1S/C21H26FN5O3/c1-14-7-8-17(11-23-14)24-20(28)25-18-6-4-5-16(19(18)22)13-26-9-10-27(15(2)12-26)21(29)30-3/h4-8,11,15H,9-10,12-13H2,1-3H3,(H2,24,25,28)/t15-/m1/s1. The third-order valence-corrected chi connectivity index (χ3v) is 5.01. The van der Waals surface area contributed by atoms with Gasteiger partial charge in [0.05, 0.1) is 24.7 Å². The average Bonchev–Trinajstić information content (AvgIpc) is 2.72. The molecule has 1 saturated heterocycles. The monoisotopic (exact) mass is 415 g/mol. The molecule has 3 amide bonds. The third-order valence-electron chi connectivity index (χ3n) is 5.01. The van der Waals surface area contributed by atoms with E-state index in [1.807, 2.05) is 13.8 Å². The van der Waals surface area contributed by atoms with Crippen LogP contribution in [0.4, 0.5) is 25.4 Å². The fraction of sp³-hybridized carbons (Fsp3) is 0.381. The molecule has 8 nitrogen and oxygen atoms in total. The van der Waals surface area contributed by atoms with E-state index in [1.54, 1.807) is 29.2 Å². The van der Waals surface area contributed by atoms with Crippen LogP contribution >= 0.6 is 0 Å². The molecule has 1 aromatic heterocycles. The van der Waals surface area contributed by atoms with E-state index in [0.29, 0.717) is 37.4 Å². The Balaban J connectivity index is 1.61. The number of hydrogen-bond donors (Lipinski definition) is 2. The number of anilines is 2. The lowest BCUT2D eigenvalue weighted by molar-refractivity contribution is 0.0601. The number of halogens is 1. The summed E-state index contributed by atoms with van der Waals surface area (Å²) in [4.78, 5) is 31.8. The number of ether oxygens (including phenoxy) is 1. The molecule has 2 aromatic rings. The van der Waals surface area contributed by atoms with Gasteiger partial charge < -0.3 is 20.3 Å². The highest BCUT2D eigenvalue weighted by Crippen LogP contribution is 2.21. The van der Waals surface area contributed by atoms with Gasteiger partial charge >= 0.3 is 12.1 Å². The second-order valence-corrected chi connectivity index (χ2v) is 7.29. The number of methoxy groups -OCH3 is 1. The summed E-state index contributed by atoms with van der Waals surface area (Å²) >= 11 is 0. The van der Waals surface area contributed by atoms with E-state index in [2.05, 4.69) is 20.5 Å². The van der Waals surface area contributed by atoms with Gasteiger partial charge in [-0.05, 0) is 32.0 Å². The highest BCUT2D eigenvalue weighted by atomic mass is 19.1. The second kappa shape index (κ2) is 9.53. The van der Waals surface area contributed by atoms with Gasteiger partial charge in [-0.3, -0.25) is 9.88 Å². The van der Waals surface area contributed by atoms with Crippen molar-refractivity contribution in [1.29, 1.82) is 0 Å². The van der Waals surface area contributed by atoms with Crippen molar-refractivity contribution < 1.29 is 18.7 Å². The zero-order valence-corrected chi connectivity index (χ0v) is 17.3. The van der Waals surface area contributed by atoms with Crippen LogP contribution < -0.4 is 10.6 Å². The molecule has 1 fully saturated rings. The average molecular weight is 415 g/mol. The number of carbonyl (C=O) groups is 2. The molecule has 0 unspecified atom stereocenters. The molecule has 0 bridgehead atoms. The van der Waals surface area contributed by atoms with E-state index in [9.17, 15) is 14.0 Å². The van der Waals surface area contributed by atoms with E-state index in [-0.39, 0.29) is 17.8 Å². The first-order valence-electron chi connectivity index (χ1n) is 9.72. The largest absolute Gasteiger partial charge is 0.453 e. The van der Waals surface area contributed by atoms with Crippen LogP contribution in [-0.2, 0) is 11.3 Å². The van der Waals surface area contributed by atoms with Crippen molar-refractivity contribution in [2.24, 2.45) is 0 Å². The summed E-state index contributed by atoms with van der Waals surface area (Å²) in [5.74, 6) is -0.474. The van der Waals surface area contributed by atoms with E-state index < -0.39 is 11.8 Å². The summed E-state index contributed by atoms with van der Waals surface area (Å²) in [6, 6.07) is 7.84. The summed E-state index contributed by atoms with van der Waals surface area (Å²) in [6.45, 7) is 5.89. The number of rotatable bonds is 4. The Hall–Kier alpha value is -3.20. The van der Waals surface area contributed by atoms with Crippen molar-refractivity contribution in [3.63, 3.8) is 0 Å². The lowest BCUT2D eigenvalue weighted by Gasteiger charge is -2.39. The Labute approximate surface area is 175 Å². The van der Waals surface area contributed by atoms with Crippen molar-refractivity contribution in [3.8, 4) is 0 Å². The van der Waals surface area contributed by atoms with Gasteiger partial charge in [0.1, 0.15) is 0 Å². The SMILES string of the molecule is COC(=O)N1CCN(Cc2cccc(NC(=O)Nc3ccc(C)nc3)c2F)C[C@H]1C. The Bertz CT molecular complexity index is 906. The summed E-state index contributed by atoms with van der Waals surface area (Å²) in [5.41, 5.74) is 1.93. The lowest BCUT2D eigenvalue weighted by Crippen LogP contribution is -2.53. The number of aryl methyl sites for hydroxylation is 1. The zero-order chi connectivity index (χ0) is 21.7. The molecule has 0 radical (unpaired) electrons. The minimum atomic E-state index is -0.544. The predicted molar refractivity (Wildman–Crippen MR) is 112 cm³/mol. The maximum atomic E-state index is 15.0. The van der Waals surface area contributed by atoms with Crippen molar-refractivity contribution in [2.45, 2.75) is 26.4 Å². The quantitative estimate of drug-likeness (QED) is 0.799. The number of pyridine rings is 1. The summed E-state index contributed by atoms with van der Waals surface area (Å²) < 4.78 is 19.8. The zero-order valence-electron chi connectivity index (χ0n) is 17.3. The number of amides is 3. The number of aromatic nitrogens is 1. The van der Waals surface area contributed by atoms with Crippen molar-refractivity contribution in [1.82, 2.24) is 14.8 Å². The van der Waals surface area contributed by atoms with E-state index in [4.69, 9.17) is 4.74 Å². The Morgan fingerprint density at radius 3 is 2.70 bits per heavy atom. The number of carbonyl (C=O) groups excluding carboxylic acids is 2. The van der Waals surface area contributed by atoms with Crippen molar-refractivity contribution in [3.05, 3.63) is 53.6 Å². The summed E-state index contributed by atoms with van der Waals surface area (Å²) in [7, 11) is 1.36. The first-order chi connectivity index (χ1) is 14.4. The molecule has 9 heteroatoms. The van der Waals surface area contributed by atoms with Gasteiger partial charge in [-0.15, -0.1) is 0 Å². The van der Waals surface area contributed by atoms with Crippen LogP contribution in [0, 0.1) is 12.7 Å². The lowest BCUT2D eigenvalue weighted by atomic mass is 10.1. The molecule has 160 valence electrons. The molecule has 0 spiro atoms. The van der Waals surface area contributed by atoms with E-state index in [1.165, 1.54) is 19.4 Å². The molecular formula is C21H26FN5O3. The van der Waals surface area contributed by atoms with Gasteiger partial charge in [-0.25, -0.2) is 14.0 Å². The molecule has 2 N–H and O–H groups in total. The van der Waals surface area contributed by atoms with Crippen LogP contribution in [0.15, 0.2) is 36.5 Å². The number of nitrogens with one attached hydrogen (secondary N) is 2. The van der Waals surface area contributed by atoms with Crippen LogP contribution in [0.5, 0.6) is 0 Å². The number of hydrogen-bond acceptors (Lipinski definition) is 5. The molecule has 0 saturated carbocycles. The van der Waals surface area contributed by atoms with Crippen LogP contribution in [-0.4, -0.2) is 59.7 Å². The smallest absolute Gasteiger partial charge is 0.409 e. The molecular weight excluding hydrogens is 389 g/mol. The van der Waals surface area contributed by atoms with E-state index >= 15 is 0 Å². The van der Waals surface area contributed by atoms with Gasteiger partial charge in [0, 0.05) is 43.5 Å². The third kappa shape index (κ3) is 5.24. The number of benzene rings is 1. The van der Waals surface area contributed by atoms with Crippen LogP contribution in [0.3, 0.4) is 0 Å². The Morgan fingerprint density at radius 2 is 2.03 bits per heavy atom. The Morgan fingerprint density at radius 1 is 1.23 bits per heavy atom. The first-order valence-corrected chi connectivity index (χ1v) is 9.72. The van der Waals surface area contributed by atoms with Gasteiger partial charge in [-0.2, -0.15) is 0 Å². The second-order valence-electron chi connectivity index (χ2n) is 7.29. The molecule has 0 aliphatic carbocycles. The number of urea groups is 1. The molecule has 30 heavy (non-hydrogen) atoms. The highest BCUT2D eigenvalue weighted by molar-refractivity contribution is 5.99.